The lowest BCUT2D eigenvalue weighted by molar-refractivity contribution is -0.174. The van der Waals surface area contributed by atoms with Crippen molar-refractivity contribution in [3.05, 3.63) is 0 Å². The summed E-state index contributed by atoms with van der Waals surface area (Å²) in [6.45, 7) is 3.59. The molecule has 0 aliphatic heterocycles. The zero-order valence-electron chi connectivity index (χ0n) is 12.4. The van der Waals surface area contributed by atoms with Gasteiger partial charge in [0.1, 0.15) is 12.2 Å². The largest absolute Gasteiger partial charge is 0.481 e. The number of methoxy groups -OCH3 is 1. The number of esters is 1. The summed E-state index contributed by atoms with van der Waals surface area (Å²) in [5.41, 5.74) is -3.36. The van der Waals surface area contributed by atoms with Crippen molar-refractivity contribution in [2.24, 2.45) is 0 Å². The number of ether oxygens (including phenoxy) is 2. The highest BCUT2D eigenvalue weighted by Gasteiger charge is 2.42. The zero-order valence-corrected chi connectivity index (χ0v) is 12.4. The van der Waals surface area contributed by atoms with Crippen LogP contribution in [0.4, 0.5) is 0 Å². The van der Waals surface area contributed by atoms with Crippen molar-refractivity contribution in [1.29, 1.82) is 0 Å². The first-order chi connectivity index (χ1) is 9.64. The van der Waals surface area contributed by atoms with Crippen LogP contribution in [0.2, 0.25) is 0 Å². The molecule has 0 rings (SSSR count). The monoisotopic (exact) mass is 306 g/mol. The van der Waals surface area contributed by atoms with Crippen LogP contribution in [0, 0.1) is 0 Å². The molecular formula is C13H22O8. The molecule has 0 fully saturated rings. The maximum absolute atomic E-state index is 11.6. The Kier molecular flexibility index (Phi) is 7.31. The van der Waals surface area contributed by atoms with Gasteiger partial charge >= 0.3 is 17.9 Å². The third-order valence-corrected chi connectivity index (χ3v) is 3.50. The van der Waals surface area contributed by atoms with E-state index >= 15 is 0 Å². The van der Waals surface area contributed by atoms with Gasteiger partial charge < -0.3 is 24.8 Å². The first-order valence-electron chi connectivity index (χ1n) is 6.53. The Morgan fingerprint density at radius 2 is 1.57 bits per heavy atom. The van der Waals surface area contributed by atoms with Gasteiger partial charge in [-0.2, -0.15) is 0 Å². The number of carbonyl (C=O) groups is 3. The number of carbonyl (C=O) groups excluding carboxylic acids is 1. The second-order valence-corrected chi connectivity index (χ2v) is 4.84. The highest BCUT2D eigenvalue weighted by atomic mass is 16.6. The fourth-order valence-corrected chi connectivity index (χ4v) is 1.77. The number of hydrogen-bond donors (Lipinski definition) is 3. The Morgan fingerprint density at radius 1 is 1.05 bits per heavy atom. The highest BCUT2D eigenvalue weighted by molar-refractivity contribution is 5.88. The van der Waals surface area contributed by atoms with E-state index in [0.29, 0.717) is 12.8 Å². The maximum atomic E-state index is 11.6. The van der Waals surface area contributed by atoms with Gasteiger partial charge in [-0.1, -0.05) is 13.8 Å². The number of hydrogen-bond acceptors (Lipinski definition) is 6. The van der Waals surface area contributed by atoms with E-state index in [-0.39, 0.29) is 6.61 Å². The molecule has 0 spiro atoms. The average Bonchev–Trinajstić information content (AvgIpc) is 2.39. The van der Waals surface area contributed by atoms with Gasteiger partial charge in [-0.25, -0.2) is 4.79 Å². The van der Waals surface area contributed by atoms with E-state index in [2.05, 4.69) is 0 Å². The summed E-state index contributed by atoms with van der Waals surface area (Å²) in [6, 6.07) is 0. The van der Waals surface area contributed by atoms with E-state index in [4.69, 9.17) is 19.7 Å². The molecule has 0 aliphatic carbocycles. The first kappa shape index (κ1) is 19.3. The lowest BCUT2D eigenvalue weighted by atomic mass is 9.95. The molecule has 0 saturated heterocycles. The second kappa shape index (κ2) is 7.94. The van der Waals surface area contributed by atoms with Crippen LogP contribution >= 0.6 is 0 Å². The van der Waals surface area contributed by atoms with Crippen molar-refractivity contribution in [2.75, 3.05) is 13.7 Å². The predicted molar refractivity (Wildman–Crippen MR) is 70.7 cm³/mol. The highest BCUT2D eigenvalue weighted by Crippen LogP contribution is 2.22. The smallest absolute Gasteiger partial charge is 0.336 e. The normalized spacial score (nSPS) is 14.3. The summed E-state index contributed by atoms with van der Waals surface area (Å²) in [5.74, 6) is -4.31. The van der Waals surface area contributed by atoms with Crippen molar-refractivity contribution in [1.82, 2.24) is 0 Å². The van der Waals surface area contributed by atoms with Crippen molar-refractivity contribution < 1.29 is 39.2 Å². The molecule has 0 aliphatic rings. The Bertz CT molecular complexity index is 379. The number of aliphatic carboxylic acids is 2. The Labute approximate surface area is 122 Å². The molecule has 0 aromatic carbocycles. The van der Waals surface area contributed by atoms with E-state index in [0.717, 1.165) is 0 Å². The van der Waals surface area contributed by atoms with Crippen LogP contribution in [0.3, 0.4) is 0 Å². The van der Waals surface area contributed by atoms with Crippen molar-refractivity contribution in [3.8, 4) is 0 Å². The van der Waals surface area contributed by atoms with E-state index in [9.17, 15) is 19.5 Å². The molecule has 0 saturated carbocycles. The molecule has 0 amide bonds. The topological polar surface area (TPSA) is 130 Å². The van der Waals surface area contributed by atoms with Gasteiger partial charge in [0.25, 0.3) is 0 Å². The quantitative estimate of drug-likeness (QED) is 0.495. The van der Waals surface area contributed by atoms with Crippen LogP contribution in [-0.2, 0) is 23.9 Å². The van der Waals surface area contributed by atoms with Gasteiger partial charge in [-0.05, 0) is 12.8 Å². The molecule has 3 N–H and O–H groups in total. The predicted octanol–water partition coefficient (Wildman–Crippen LogP) is 0.415. The molecule has 122 valence electrons. The van der Waals surface area contributed by atoms with Crippen LogP contribution in [0.5, 0.6) is 0 Å². The van der Waals surface area contributed by atoms with E-state index in [1.54, 1.807) is 0 Å². The van der Waals surface area contributed by atoms with Crippen LogP contribution < -0.4 is 0 Å². The van der Waals surface area contributed by atoms with Gasteiger partial charge in [0, 0.05) is 7.11 Å². The Hall–Kier alpha value is -1.67. The van der Waals surface area contributed by atoms with E-state index < -0.39 is 42.0 Å². The van der Waals surface area contributed by atoms with Crippen molar-refractivity contribution >= 4 is 17.9 Å². The molecule has 8 nitrogen and oxygen atoms in total. The Morgan fingerprint density at radius 3 is 1.90 bits per heavy atom. The molecule has 0 aromatic heterocycles. The summed E-state index contributed by atoms with van der Waals surface area (Å²) < 4.78 is 10.2. The second-order valence-electron chi connectivity index (χ2n) is 4.84. The molecular weight excluding hydrogens is 284 g/mol. The fourth-order valence-electron chi connectivity index (χ4n) is 1.77. The third-order valence-electron chi connectivity index (χ3n) is 3.50. The van der Waals surface area contributed by atoms with Crippen molar-refractivity contribution in [3.63, 3.8) is 0 Å². The van der Waals surface area contributed by atoms with E-state index in [1.807, 2.05) is 13.8 Å². The Balaban J connectivity index is 4.73. The molecule has 21 heavy (non-hydrogen) atoms. The van der Waals surface area contributed by atoms with Crippen LogP contribution in [0.15, 0.2) is 0 Å². The molecule has 8 heteroatoms. The first-order valence-corrected chi connectivity index (χ1v) is 6.53. The van der Waals surface area contributed by atoms with Gasteiger partial charge in [-0.3, -0.25) is 9.59 Å². The summed E-state index contributed by atoms with van der Waals surface area (Å²) >= 11 is 0. The average molecular weight is 306 g/mol. The zero-order chi connectivity index (χ0) is 16.7. The number of carboxylic acids is 2. The summed E-state index contributed by atoms with van der Waals surface area (Å²) in [6.07, 6.45) is -0.881. The fraction of sp³-hybridized carbons (Fsp3) is 0.769. The van der Waals surface area contributed by atoms with Gasteiger partial charge in [0.05, 0.1) is 12.8 Å². The van der Waals surface area contributed by atoms with Crippen LogP contribution in [-0.4, -0.2) is 58.1 Å². The maximum Gasteiger partial charge on any atom is 0.336 e. The summed E-state index contributed by atoms with van der Waals surface area (Å²) in [7, 11) is 1.47. The summed E-state index contributed by atoms with van der Waals surface area (Å²) in [5, 5.41) is 27.2. The molecule has 0 bridgehead atoms. The lowest BCUT2D eigenvalue weighted by Crippen LogP contribution is -2.44. The molecule has 0 aromatic rings. The summed E-state index contributed by atoms with van der Waals surface area (Å²) in [4.78, 5) is 33.1. The molecule has 0 radical (unpaired) electrons. The minimum absolute atomic E-state index is 0.0991. The number of carboxylic acid groups (broad SMARTS) is 2. The molecule has 1 unspecified atom stereocenters. The van der Waals surface area contributed by atoms with Gasteiger partial charge in [-0.15, -0.1) is 0 Å². The van der Waals surface area contributed by atoms with Crippen molar-refractivity contribution in [2.45, 2.75) is 50.7 Å². The minimum Gasteiger partial charge on any atom is -0.481 e. The number of rotatable bonds is 10. The van der Waals surface area contributed by atoms with Gasteiger partial charge in [0.15, 0.2) is 5.60 Å². The number of aliphatic hydroxyl groups is 1. The minimum atomic E-state index is -2.68. The van der Waals surface area contributed by atoms with Crippen LogP contribution in [0.1, 0.15) is 39.5 Å². The van der Waals surface area contributed by atoms with Gasteiger partial charge in [0.2, 0.25) is 0 Å². The molecule has 0 heterocycles. The lowest BCUT2D eigenvalue weighted by Gasteiger charge is -2.30. The molecule has 1 atom stereocenters. The van der Waals surface area contributed by atoms with Crippen LogP contribution in [0.25, 0.3) is 0 Å². The van der Waals surface area contributed by atoms with E-state index in [1.165, 1.54) is 7.11 Å². The SMILES string of the molecule is CCC(CC)(COC(=O)CC(O)(CC(=O)O)C(=O)O)OC. The third kappa shape index (κ3) is 5.68. The standard InChI is InChI=1S/C13H22O8/c1-4-12(5-2,20-3)8-21-10(16)7-13(19,11(17)18)6-9(14)15/h19H,4-8H2,1-3H3,(H,14,15)(H,17,18).